The van der Waals surface area contributed by atoms with Crippen LogP contribution >= 0.6 is 11.6 Å². The Morgan fingerprint density at radius 2 is 2.06 bits per heavy atom. The van der Waals surface area contributed by atoms with Crippen molar-refractivity contribution in [2.24, 2.45) is 0 Å². The van der Waals surface area contributed by atoms with Crippen LogP contribution in [0.15, 0.2) is 24.4 Å². The molecular formula is C11H8ClF2N3O. The van der Waals surface area contributed by atoms with Gasteiger partial charge in [-0.3, -0.25) is 0 Å². The number of benzene rings is 1. The molecule has 0 unspecified atom stereocenters. The zero-order chi connectivity index (χ0) is 13.1. The summed E-state index contributed by atoms with van der Waals surface area (Å²) in [6.07, 6.45) is 1.30. The van der Waals surface area contributed by atoms with Gasteiger partial charge in [0, 0.05) is 13.1 Å². The minimum Gasteiger partial charge on any atom is -0.449 e. The van der Waals surface area contributed by atoms with Gasteiger partial charge in [0.2, 0.25) is 5.28 Å². The van der Waals surface area contributed by atoms with E-state index in [4.69, 9.17) is 16.3 Å². The lowest BCUT2D eigenvalue weighted by atomic mass is 10.3. The summed E-state index contributed by atoms with van der Waals surface area (Å²) in [5.74, 6) is -1.13. The average molecular weight is 272 g/mol. The second-order valence-electron chi connectivity index (χ2n) is 3.28. The molecule has 2 rings (SSSR count). The van der Waals surface area contributed by atoms with Crippen molar-refractivity contribution in [1.82, 2.24) is 9.97 Å². The van der Waals surface area contributed by atoms with E-state index in [-0.39, 0.29) is 16.8 Å². The first-order valence-electron chi connectivity index (χ1n) is 4.93. The van der Waals surface area contributed by atoms with E-state index in [0.717, 1.165) is 12.1 Å². The van der Waals surface area contributed by atoms with Gasteiger partial charge in [-0.1, -0.05) is 0 Å². The van der Waals surface area contributed by atoms with E-state index in [9.17, 15) is 8.78 Å². The van der Waals surface area contributed by atoms with E-state index in [1.54, 1.807) is 7.05 Å². The highest BCUT2D eigenvalue weighted by molar-refractivity contribution is 6.28. The molecule has 94 valence electrons. The lowest BCUT2D eigenvalue weighted by Crippen LogP contribution is -1.99. The lowest BCUT2D eigenvalue weighted by Gasteiger charge is -2.10. The van der Waals surface area contributed by atoms with E-state index >= 15 is 0 Å². The number of nitrogens with zero attached hydrogens (tertiary/aromatic N) is 2. The fourth-order valence-corrected chi connectivity index (χ4v) is 1.41. The summed E-state index contributed by atoms with van der Waals surface area (Å²) in [5, 5.41) is 2.76. The molecule has 0 radical (unpaired) electrons. The van der Waals surface area contributed by atoms with Crippen LogP contribution in [-0.4, -0.2) is 17.0 Å². The highest BCUT2D eigenvalue weighted by Gasteiger charge is 2.11. The minimum atomic E-state index is -0.813. The van der Waals surface area contributed by atoms with Gasteiger partial charge in [0.05, 0.1) is 6.20 Å². The monoisotopic (exact) mass is 271 g/mol. The standard InChI is InChI=1S/C11H8ClF2N3O/c1-15-10-9(5-16-11(12)17-10)18-8-3-2-6(13)4-7(8)14/h2-5H,1H3,(H,15,16,17). The number of aromatic nitrogens is 2. The van der Waals surface area contributed by atoms with Gasteiger partial charge in [-0.05, 0) is 23.7 Å². The van der Waals surface area contributed by atoms with Crippen molar-refractivity contribution in [2.75, 3.05) is 12.4 Å². The molecule has 0 aliphatic heterocycles. The third-order valence-corrected chi connectivity index (χ3v) is 2.26. The molecule has 0 atom stereocenters. The van der Waals surface area contributed by atoms with E-state index < -0.39 is 11.6 Å². The molecule has 0 amide bonds. The normalized spacial score (nSPS) is 10.2. The molecule has 1 aromatic carbocycles. The van der Waals surface area contributed by atoms with E-state index in [1.807, 2.05) is 0 Å². The van der Waals surface area contributed by atoms with Crippen LogP contribution in [0.2, 0.25) is 5.28 Å². The van der Waals surface area contributed by atoms with Crippen LogP contribution in [0.3, 0.4) is 0 Å². The summed E-state index contributed by atoms with van der Waals surface area (Å²) in [6, 6.07) is 3.00. The van der Waals surface area contributed by atoms with Crippen LogP contribution in [0.4, 0.5) is 14.6 Å². The van der Waals surface area contributed by atoms with Crippen molar-refractivity contribution >= 4 is 17.4 Å². The van der Waals surface area contributed by atoms with Crippen molar-refractivity contribution in [3.63, 3.8) is 0 Å². The summed E-state index contributed by atoms with van der Waals surface area (Å²) >= 11 is 5.61. The average Bonchev–Trinajstić information content (AvgIpc) is 2.34. The third-order valence-electron chi connectivity index (χ3n) is 2.08. The van der Waals surface area contributed by atoms with E-state index in [2.05, 4.69) is 15.3 Å². The van der Waals surface area contributed by atoms with Crippen LogP contribution in [0.25, 0.3) is 0 Å². The third kappa shape index (κ3) is 2.65. The van der Waals surface area contributed by atoms with Crippen LogP contribution in [0.1, 0.15) is 0 Å². The first-order valence-corrected chi connectivity index (χ1v) is 5.31. The number of nitrogens with one attached hydrogen (secondary N) is 1. The molecule has 0 fully saturated rings. The quantitative estimate of drug-likeness (QED) is 0.871. The lowest BCUT2D eigenvalue weighted by molar-refractivity contribution is 0.436. The van der Waals surface area contributed by atoms with Crippen LogP contribution in [0, 0.1) is 11.6 Å². The molecular weight excluding hydrogens is 264 g/mol. The van der Waals surface area contributed by atoms with Gasteiger partial charge < -0.3 is 10.1 Å². The maximum absolute atomic E-state index is 13.4. The topological polar surface area (TPSA) is 47.0 Å². The zero-order valence-corrected chi connectivity index (χ0v) is 10.0. The Morgan fingerprint density at radius 3 is 2.72 bits per heavy atom. The number of rotatable bonds is 3. The van der Waals surface area contributed by atoms with Crippen LogP contribution in [-0.2, 0) is 0 Å². The summed E-state index contributed by atoms with van der Waals surface area (Å²) < 4.78 is 31.4. The molecule has 0 aliphatic carbocycles. The van der Waals surface area contributed by atoms with Crippen molar-refractivity contribution < 1.29 is 13.5 Å². The molecule has 1 N–H and O–H groups in total. The first kappa shape index (κ1) is 12.5. The Labute approximate surface area is 107 Å². The smallest absolute Gasteiger partial charge is 0.224 e. The molecule has 4 nitrogen and oxygen atoms in total. The van der Waals surface area contributed by atoms with Gasteiger partial charge in [-0.25, -0.2) is 13.8 Å². The fourth-order valence-electron chi connectivity index (χ4n) is 1.28. The van der Waals surface area contributed by atoms with Gasteiger partial charge in [-0.15, -0.1) is 0 Å². The van der Waals surface area contributed by atoms with Gasteiger partial charge in [-0.2, -0.15) is 4.98 Å². The Bertz CT molecular complexity index is 580. The van der Waals surface area contributed by atoms with Gasteiger partial charge in [0.1, 0.15) is 5.82 Å². The van der Waals surface area contributed by atoms with Gasteiger partial charge >= 0.3 is 0 Å². The molecule has 18 heavy (non-hydrogen) atoms. The Kier molecular flexibility index (Phi) is 3.57. The largest absolute Gasteiger partial charge is 0.449 e. The second-order valence-corrected chi connectivity index (χ2v) is 3.62. The highest BCUT2D eigenvalue weighted by Crippen LogP contribution is 2.29. The molecule has 7 heteroatoms. The summed E-state index contributed by atoms with van der Waals surface area (Å²) in [4.78, 5) is 7.58. The number of anilines is 1. The molecule has 0 aliphatic rings. The van der Waals surface area contributed by atoms with E-state index in [0.29, 0.717) is 5.82 Å². The molecule has 2 aromatic rings. The van der Waals surface area contributed by atoms with Crippen molar-refractivity contribution in [3.8, 4) is 11.5 Å². The Morgan fingerprint density at radius 1 is 1.28 bits per heavy atom. The maximum Gasteiger partial charge on any atom is 0.224 e. The fraction of sp³-hybridized carbons (Fsp3) is 0.0909. The maximum atomic E-state index is 13.4. The molecule has 0 spiro atoms. The van der Waals surface area contributed by atoms with Gasteiger partial charge in [0.15, 0.2) is 23.1 Å². The molecule has 0 saturated carbocycles. The summed E-state index contributed by atoms with van der Waals surface area (Å²) in [6.45, 7) is 0. The Balaban J connectivity index is 2.33. The predicted molar refractivity (Wildman–Crippen MR) is 63.0 cm³/mol. The summed E-state index contributed by atoms with van der Waals surface area (Å²) in [7, 11) is 1.60. The SMILES string of the molecule is CNc1nc(Cl)ncc1Oc1ccc(F)cc1F. The number of halogens is 3. The van der Waals surface area contributed by atoms with Crippen molar-refractivity contribution in [1.29, 1.82) is 0 Å². The molecule has 1 aromatic heterocycles. The second kappa shape index (κ2) is 5.14. The zero-order valence-electron chi connectivity index (χ0n) is 9.25. The van der Waals surface area contributed by atoms with Crippen LogP contribution in [0.5, 0.6) is 11.5 Å². The minimum absolute atomic E-state index is 0.0336. The predicted octanol–water partition coefficient (Wildman–Crippen LogP) is 3.24. The molecule has 0 saturated heterocycles. The number of hydrogen-bond acceptors (Lipinski definition) is 4. The summed E-state index contributed by atoms with van der Waals surface area (Å²) in [5.41, 5.74) is 0. The first-order chi connectivity index (χ1) is 8.60. The van der Waals surface area contributed by atoms with Gasteiger partial charge in [0.25, 0.3) is 0 Å². The van der Waals surface area contributed by atoms with Crippen LogP contribution < -0.4 is 10.1 Å². The number of ether oxygens (including phenoxy) is 1. The highest BCUT2D eigenvalue weighted by atomic mass is 35.5. The molecule has 1 heterocycles. The molecule has 0 bridgehead atoms. The van der Waals surface area contributed by atoms with Crippen molar-refractivity contribution in [2.45, 2.75) is 0 Å². The number of hydrogen-bond donors (Lipinski definition) is 1. The van der Waals surface area contributed by atoms with Crippen molar-refractivity contribution in [3.05, 3.63) is 41.3 Å². The van der Waals surface area contributed by atoms with E-state index in [1.165, 1.54) is 12.3 Å². The Hall–Kier alpha value is -1.95.